The van der Waals surface area contributed by atoms with E-state index in [9.17, 15) is 5.11 Å². The van der Waals surface area contributed by atoms with Crippen LogP contribution in [0, 0.1) is 0 Å². The van der Waals surface area contributed by atoms with E-state index in [4.69, 9.17) is 0 Å². The van der Waals surface area contributed by atoms with Crippen LogP contribution in [0.1, 0.15) is 40.0 Å². The van der Waals surface area contributed by atoms with Gasteiger partial charge in [0.15, 0.2) is 0 Å². The van der Waals surface area contributed by atoms with Gasteiger partial charge in [-0.2, -0.15) is 0 Å². The van der Waals surface area contributed by atoms with Gasteiger partial charge < -0.3 is 5.11 Å². The molecule has 0 aromatic carbocycles. The Morgan fingerprint density at radius 1 is 1.50 bits per heavy atom. The van der Waals surface area contributed by atoms with Gasteiger partial charge in [-0.05, 0) is 37.3 Å². The van der Waals surface area contributed by atoms with Crippen LogP contribution in [0.4, 0.5) is 0 Å². The summed E-state index contributed by atoms with van der Waals surface area (Å²) in [5.41, 5.74) is 2.16. The van der Waals surface area contributed by atoms with Crippen molar-refractivity contribution < 1.29 is 5.11 Å². The first-order valence-corrected chi connectivity index (χ1v) is 4.78. The fourth-order valence-electron chi connectivity index (χ4n) is 1.36. The monoisotopic (exact) mass is 168 g/mol. The van der Waals surface area contributed by atoms with Crippen LogP contribution in [0.15, 0.2) is 23.8 Å². The molecule has 1 nitrogen and oxygen atoms in total. The summed E-state index contributed by atoms with van der Waals surface area (Å²) >= 11 is 0. The first kappa shape index (κ1) is 11.4. The van der Waals surface area contributed by atoms with Gasteiger partial charge in [-0.25, -0.2) is 0 Å². The summed E-state index contributed by atoms with van der Waals surface area (Å²) in [6.07, 6.45) is 4.84. The van der Waals surface area contributed by atoms with E-state index in [1.807, 2.05) is 26.8 Å². The molecule has 0 aromatic rings. The van der Waals surface area contributed by atoms with Crippen molar-refractivity contribution in [3.8, 4) is 0 Å². The average molecular weight is 168 g/mol. The first-order valence-electron chi connectivity index (χ1n) is 4.78. The molecular formula is C11H20O. The number of aliphatic hydroxyl groups is 1. The van der Waals surface area contributed by atoms with E-state index in [1.165, 1.54) is 5.57 Å². The normalized spacial score (nSPS) is 26.5. The molecule has 0 bridgehead atoms. The van der Waals surface area contributed by atoms with Crippen LogP contribution in [0.25, 0.3) is 0 Å². The first-order chi connectivity index (χ1) is 5.75. The van der Waals surface area contributed by atoms with Crippen molar-refractivity contribution in [1.29, 1.82) is 0 Å². The Morgan fingerprint density at radius 3 is 2.50 bits per heavy atom. The van der Waals surface area contributed by atoms with E-state index >= 15 is 0 Å². The molecule has 70 valence electrons. The molecule has 1 rings (SSSR count). The zero-order valence-electron chi connectivity index (χ0n) is 8.43. The van der Waals surface area contributed by atoms with Crippen molar-refractivity contribution in [2.24, 2.45) is 0 Å². The van der Waals surface area contributed by atoms with Gasteiger partial charge in [-0.1, -0.05) is 26.5 Å². The summed E-state index contributed by atoms with van der Waals surface area (Å²) in [5.74, 6) is 0. The van der Waals surface area contributed by atoms with Gasteiger partial charge in [-0.3, -0.25) is 0 Å². The molecule has 1 aliphatic carbocycles. The second-order valence-corrected chi connectivity index (χ2v) is 2.75. The molecule has 12 heavy (non-hydrogen) atoms. The van der Waals surface area contributed by atoms with Crippen molar-refractivity contribution in [3.05, 3.63) is 23.8 Å². The van der Waals surface area contributed by atoms with Crippen molar-refractivity contribution >= 4 is 0 Å². The molecule has 1 atom stereocenters. The lowest BCUT2D eigenvalue weighted by atomic mass is 9.88. The molecule has 1 heteroatoms. The van der Waals surface area contributed by atoms with E-state index in [0.29, 0.717) is 0 Å². The highest BCUT2D eigenvalue weighted by Crippen LogP contribution is 2.27. The van der Waals surface area contributed by atoms with Crippen LogP contribution < -0.4 is 0 Å². The Hall–Kier alpha value is -0.560. The second-order valence-electron chi connectivity index (χ2n) is 2.75. The van der Waals surface area contributed by atoms with E-state index in [-0.39, 0.29) is 6.10 Å². The van der Waals surface area contributed by atoms with Gasteiger partial charge in [0.05, 0.1) is 6.10 Å². The molecule has 1 fully saturated rings. The molecule has 0 heterocycles. The van der Waals surface area contributed by atoms with Crippen LogP contribution in [-0.4, -0.2) is 11.2 Å². The summed E-state index contributed by atoms with van der Waals surface area (Å²) in [4.78, 5) is 0. The topological polar surface area (TPSA) is 20.2 Å². The zero-order valence-corrected chi connectivity index (χ0v) is 8.43. The molecule has 0 aliphatic heterocycles. The van der Waals surface area contributed by atoms with Crippen LogP contribution in [0.2, 0.25) is 0 Å². The van der Waals surface area contributed by atoms with Crippen molar-refractivity contribution in [1.82, 2.24) is 0 Å². The van der Waals surface area contributed by atoms with Gasteiger partial charge in [0, 0.05) is 0 Å². The minimum Gasteiger partial charge on any atom is -0.388 e. The molecule has 0 saturated heterocycles. The summed E-state index contributed by atoms with van der Waals surface area (Å²) in [5, 5.41) is 9.34. The van der Waals surface area contributed by atoms with Gasteiger partial charge in [-0.15, -0.1) is 0 Å². The lowest BCUT2D eigenvalue weighted by Crippen LogP contribution is -2.15. The number of hydrogen-bond donors (Lipinski definition) is 1. The highest BCUT2D eigenvalue weighted by atomic mass is 16.3. The average Bonchev–Trinajstić information content (AvgIpc) is 2.13. The molecule has 1 aliphatic rings. The van der Waals surface area contributed by atoms with Gasteiger partial charge >= 0.3 is 0 Å². The van der Waals surface area contributed by atoms with E-state index < -0.39 is 0 Å². The fraction of sp³-hybridized carbons (Fsp3) is 0.636. The molecule has 0 amide bonds. The Balaban J connectivity index is 0.000000561. The fourth-order valence-corrected chi connectivity index (χ4v) is 1.36. The smallest absolute Gasteiger partial charge is 0.0787 e. The lowest BCUT2D eigenvalue weighted by molar-refractivity contribution is 0.191. The maximum Gasteiger partial charge on any atom is 0.0787 e. The van der Waals surface area contributed by atoms with Crippen LogP contribution in [-0.2, 0) is 0 Å². The van der Waals surface area contributed by atoms with Crippen molar-refractivity contribution in [3.63, 3.8) is 0 Å². The van der Waals surface area contributed by atoms with Crippen molar-refractivity contribution in [2.45, 2.75) is 46.1 Å². The SMILES string of the molecule is C=C1/C(=C/C)CCC[C@H]1O.CC. The molecule has 0 unspecified atom stereocenters. The number of rotatable bonds is 0. The van der Waals surface area contributed by atoms with Gasteiger partial charge in [0.25, 0.3) is 0 Å². The number of hydrogen-bond acceptors (Lipinski definition) is 1. The van der Waals surface area contributed by atoms with Crippen molar-refractivity contribution in [2.75, 3.05) is 0 Å². The highest BCUT2D eigenvalue weighted by Gasteiger charge is 2.17. The van der Waals surface area contributed by atoms with E-state index in [0.717, 1.165) is 24.8 Å². The summed E-state index contributed by atoms with van der Waals surface area (Å²) < 4.78 is 0. The third-order valence-corrected chi connectivity index (χ3v) is 2.09. The predicted octanol–water partition coefficient (Wildman–Crippen LogP) is 3.06. The number of aliphatic hydroxyl groups excluding tert-OH is 1. The van der Waals surface area contributed by atoms with Crippen LogP contribution >= 0.6 is 0 Å². The molecule has 0 radical (unpaired) electrons. The Kier molecular flexibility index (Phi) is 5.73. The molecule has 1 saturated carbocycles. The highest BCUT2D eigenvalue weighted by molar-refractivity contribution is 5.32. The predicted molar refractivity (Wildman–Crippen MR) is 54.1 cm³/mol. The Morgan fingerprint density at radius 2 is 2.08 bits per heavy atom. The third kappa shape index (κ3) is 2.82. The quantitative estimate of drug-likeness (QED) is 0.589. The van der Waals surface area contributed by atoms with Gasteiger partial charge in [0.2, 0.25) is 0 Å². The van der Waals surface area contributed by atoms with Crippen LogP contribution in [0.5, 0.6) is 0 Å². The lowest BCUT2D eigenvalue weighted by Gasteiger charge is -2.22. The molecular weight excluding hydrogens is 148 g/mol. The maximum atomic E-state index is 9.34. The molecule has 0 spiro atoms. The summed E-state index contributed by atoms with van der Waals surface area (Å²) in [6, 6.07) is 0. The third-order valence-electron chi connectivity index (χ3n) is 2.09. The van der Waals surface area contributed by atoms with Crippen LogP contribution in [0.3, 0.4) is 0 Å². The second kappa shape index (κ2) is 6.01. The molecule has 1 N–H and O–H groups in total. The Labute approximate surface area is 75.8 Å². The number of allylic oxidation sites excluding steroid dienone is 1. The molecule has 0 aromatic heterocycles. The largest absolute Gasteiger partial charge is 0.388 e. The van der Waals surface area contributed by atoms with Gasteiger partial charge in [0.1, 0.15) is 0 Å². The summed E-state index contributed by atoms with van der Waals surface area (Å²) in [7, 11) is 0. The standard InChI is InChI=1S/C9H14O.C2H6/c1-3-8-5-4-6-9(10)7(8)2;1-2/h3,9-10H,2,4-6H2,1H3;1-2H3/b8-3+;/t9-;/m1./s1. The maximum absolute atomic E-state index is 9.34. The zero-order chi connectivity index (χ0) is 9.56. The minimum absolute atomic E-state index is 0.278. The summed E-state index contributed by atoms with van der Waals surface area (Å²) in [6.45, 7) is 9.83. The Bertz CT molecular complexity index is 168. The van der Waals surface area contributed by atoms with E-state index in [2.05, 4.69) is 6.58 Å². The van der Waals surface area contributed by atoms with E-state index in [1.54, 1.807) is 0 Å². The minimum atomic E-state index is -0.278.